The lowest BCUT2D eigenvalue weighted by Gasteiger charge is -2.13. The Bertz CT molecular complexity index is 1270. The molecule has 0 unspecified atom stereocenters. The van der Waals surface area contributed by atoms with E-state index in [0.717, 1.165) is 29.5 Å². The number of hydrogen-bond donors (Lipinski definition) is 1. The maximum absolute atomic E-state index is 12.9. The number of esters is 1. The highest BCUT2D eigenvalue weighted by Crippen LogP contribution is 2.38. The molecule has 1 heterocycles. The Morgan fingerprint density at radius 1 is 1.16 bits per heavy atom. The van der Waals surface area contributed by atoms with Crippen molar-refractivity contribution >= 4 is 74.1 Å². The molecule has 1 fully saturated rings. The van der Waals surface area contributed by atoms with Crippen LogP contribution in [-0.2, 0) is 14.3 Å². The molecule has 0 spiro atoms. The fourth-order valence-electron chi connectivity index (χ4n) is 3.30. The van der Waals surface area contributed by atoms with Gasteiger partial charge in [0.2, 0.25) is 5.91 Å². The third-order valence-electron chi connectivity index (χ3n) is 5.13. The molecule has 1 aliphatic heterocycles. The highest BCUT2D eigenvalue weighted by Gasteiger charge is 2.36. The summed E-state index contributed by atoms with van der Waals surface area (Å²) in [5.74, 6) is -0.896. The van der Waals surface area contributed by atoms with Gasteiger partial charge in [-0.25, -0.2) is 4.79 Å². The average Bonchev–Trinajstić information content (AvgIpc) is 3.12. The molecule has 37 heavy (non-hydrogen) atoms. The summed E-state index contributed by atoms with van der Waals surface area (Å²) in [6.45, 7) is 1.73. The summed E-state index contributed by atoms with van der Waals surface area (Å²) in [5, 5.41) is 2.18. The van der Waals surface area contributed by atoms with Gasteiger partial charge in [-0.1, -0.05) is 24.9 Å². The van der Waals surface area contributed by atoms with Gasteiger partial charge >= 0.3 is 5.97 Å². The van der Waals surface area contributed by atoms with Crippen LogP contribution < -0.4 is 14.8 Å². The molecule has 9 nitrogen and oxygen atoms in total. The van der Waals surface area contributed by atoms with E-state index < -0.39 is 29.6 Å². The largest absolute Gasteiger partial charge is 0.493 e. The lowest BCUT2D eigenvalue weighted by molar-refractivity contribution is -0.127. The summed E-state index contributed by atoms with van der Waals surface area (Å²) < 4.78 is 16.4. The zero-order valence-electron chi connectivity index (χ0n) is 20.3. The summed E-state index contributed by atoms with van der Waals surface area (Å²) in [5.41, 5.74) is 0.972. The lowest BCUT2D eigenvalue weighted by atomic mass is 10.2. The van der Waals surface area contributed by atoms with Crippen molar-refractivity contribution in [2.45, 2.75) is 19.8 Å². The Hall–Kier alpha value is -3.02. The first-order valence-electron chi connectivity index (χ1n) is 11.1. The number of ether oxygens (including phenoxy) is 3. The van der Waals surface area contributed by atoms with E-state index in [1.807, 2.05) is 6.92 Å². The summed E-state index contributed by atoms with van der Waals surface area (Å²) in [6.07, 6.45) is 3.12. The highest BCUT2D eigenvalue weighted by molar-refractivity contribution is 9.10. The third-order valence-corrected chi connectivity index (χ3v) is 6.96. The number of thioether (sulfide) groups is 1. The van der Waals surface area contributed by atoms with Crippen molar-refractivity contribution in [3.8, 4) is 11.5 Å². The topological polar surface area (TPSA) is 111 Å². The van der Waals surface area contributed by atoms with Gasteiger partial charge in [-0.3, -0.25) is 19.3 Å². The molecule has 1 aliphatic rings. The van der Waals surface area contributed by atoms with E-state index in [-0.39, 0.29) is 27.8 Å². The van der Waals surface area contributed by atoms with Crippen molar-refractivity contribution in [2.75, 3.05) is 32.7 Å². The normalized spacial score (nSPS) is 14.2. The van der Waals surface area contributed by atoms with Crippen molar-refractivity contribution in [1.29, 1.82) is 0 Å². The first kappa shape index (κ1) is 28.5. The van der Waals surface area contributed by atoms with Crippen LogP contribution in [0.3, 0.4) is 0 Å². The van der Waals surface area contributed by atoms with Crippen LogP contribution in [0.5, 0.6) is 11.5 Å². The van der Waals surface area contributed by atoms with Crippen molar-refractivity contribution in [1.82, 2.24) is 4.90 Å². The standard InChI is InChI=1S/C25H24BrClN2O7S/c1-4-5-8-36-24(32)16-12-15(6-7-18(16)27)28-21(30)13-29-23(31)20(37-25(29)33)11-14-9-17(26)22(35-3)19(10-14)34-2/h6-7,9-12H,4-5,8,13H2,1-3H3,(H,28,30)/b20-11+. The van der Waals surface area contributed by atoms with Crippen LogP contribution in [0.2, 0.25) is 5.02 Å². The van der Waals surface area contributed by atoms with Crippen molar-refractivity contribution in [2.24, 2.45) is 0 Å². The second kappa shape index (κ2) is 13.0. The Morgan fingerprint density at radius 3 is 2.59 bits per heavy atom. The summed E-state index contributed by atoms with van der Waals surface area (Å²) in [6, 6.07) is 7.73. The van der Waals surface area contributed by atoms with Crippen LogP contribution in [0.1, 0.15) is 35.7 Å². The van der Waals surface area contributed by atoms with Gasteiger partial charge in [0.05, 0.1) is 40.8 Å². The van der Waals surface area contributed by atoms with Gasteiger partial charge in [0, 0.05) is 5.69 Å². The third kappa shape index (κ3) is 7.06. The molecule has 1 N–H and O–H groups in total. The van der Waals surface area contributed by atoms with Gasteiger partial charge < -0.3 is 19.5 Å². The molecule has 0 aromatic heterocycles. The Labute approximate surface area is 231 Å². The minimum Gasteiger partial charge on any atom is -0.493 e. The van der Waals surface area contributed by atoms with E-state index in [2.05, 4.69) is 21.2 Å². The summed E-state index contributed by atoms with van der Waals surface area (Å²) in [7, 11) is 2.99. The molecule has 12 heteroatoms. The molecule has 0 atom stereocenters. The summed E-state index contributed by atoms with van der Waals surface area (Å²) >= 11 is 10.2. The maximum atomic E-state index is 12.9. The maximum Gasteiger partial charge on any atom is 0.339 e. The Morgan fingerprint density at radius 2 is 1.92 bits per heavy atom. The number of benzene rings is 2. The van der Waals surface area contributed by atoms with Crippen molar-refractivity contribution in [3.63, 3.8) is 0 Å². The second-order valence-corrected chi connectivity index (χ2v) is 9.99. The number of nitrogens with zero attached hydrogens (tertiary/aromatic N) is 1. The van der Waals surface area contributed by atoms with E-state index in [0.29, 0.717) is 21.5 Å². The number of carbonyl (C=O) groups is 4. The van der Waals surface area contributed by atoms with E-state index in [4.69, 9.17) is 25.8 Å². The van der Waals surface area contributed by atoms with Crippen LogP contribution in [-0.4, -0.2) is 55.3 Å². The molecular weight excluding hydrogens is 588 g/mol. The van der Waals surface area contributed by atoms with Crippen molar-refractivity contribution in [3.05, 3.63) is 55.9 Å². The summed E-state index contributed by atoms with van der Waals surface area (Å²) in [4.78, 5) is 51.3. The van der Waals surface area contributed by atoms with Crippen molar-refractivity contribution < 1.29 is 33.4 Å². The minimum atomic E-state index is -0.620. The van der Waals surface area contributed by atoms with Gasteiger partial charge in [0.15, 0.2) is 11.5 Å². The number of unbranched alkanes of at least 4 members (excludes halogenated alkanes) is 1. The quantitative estimate of drug-likeness (QED) is 0.205. The first-order valence-corrected chi connectivity index (χ1v) is 13.1. The zero-order chi connectivity index (χ0) is 27.1. The molecular formula is C25H24BrClN2O7S. The molecule has 2 aromatic rings. The van der Waals surface area contributed by atoms with Gasteiger partial charge in [0.25, 0.3) is 11.1 Å². The van der Waals surface area contributed by atoms with Crippen LogP contribution in [0, 0.1) is 0 Å². The van der Waals surface area contributed by atoms with Crippen LogP contribution >= 0.6 is 39.3 Å². The molecule has 3 amide bonds. The Balaban J connectivity index is 1.70. The SMILES string of the molecule is CCCCOC(=O)c1cc(NC(=O)CN2C(=O)S/C(=C/c3cc(Br)c(OC)c(OC)c3)C2=O)ccc1Cl. The van der Waals surface area contributed by atoms with E-state index in [1.165, 1.54) is 38.5 Å². The van der Waals surface area contributed by atoms with Crippen LogP contribution in [0.15, 0.2) is 39.7 Å². The minimum absolute atomic E-state index is 0.103. The van der Waals surface area contributed by atoms with Crippen LogP contribution in [0.25, 0.3) is 6.08 Å². The number of methoxy groups -OCH3 is 2. The number of halogens is 2. The number of amides is 3. The molecule has 0 aliphatic carbocycles. The molecule has 196 valence electrons. The molecule has 0 radical (unpaired) electrons. The van der Waals surface area contributed by atoms with E-state index in [9.17, 15) is 19.2 Å². The Kier molecular flexibility index (Phi) is 10.0. The lowest BCUT2D eigenvalue weighted by Crippen LogP contribution is -2.36. The number of anilines is 1. The second-order valence-electron chi connectivity index (χ2n) is 7.74. The number of carbonyl (C=O) groups excluding carboxylic acids is 4. The van der Waals surface area contributed by atoms with Gasteiger partial charge in [-0.15, -0.1) is 0 Å². The highest BCUT2D eigenvalue weighted by atomic mass is 79.9. The number of hydrogen-bond acceptors (Lipinski definition) is 8. The number of imide groups is 1. The van der Waals surface area contributed by atoms with Gasteiger partial charge in [-0.05, 0) is 76.1 Å². The molecule has 3 rings (SSSR count). The molecule has 0 saturated carbocycles. The predicted molar refractivity (Wildman–Crippen MR) is 145 cm³/mol. The fourth-order valence-corrected chi connectivity index (χ4v) is 4.95. The molecule has 0 bridgehead atoms. The average molecular weight is 612 g/mol. The monoisotopic (exact) mass is 610 g/mol. The number of rotatable bonds is 10. The number of nitrogens with one attached hydrogen (secondary N) is 1. The molecule has 1 saturated heterocycles. The van der Waals surface area contributed by atoms with Gasteiger partial charge in [0.1, 0.15) is 6.54 Å². The molecule has 2 aromatic carbocycles. The van der Waals surface area contributed by atoms with E-state index in [1.54, 1.807) is 12.1 Å². The van der Waals surface area contributed by atoms with E-state index >= 15 is 0 Å². The fraction of sp³-hybridized carbons (Fsp3) is 0.280. The smallest absolute Gasteiger partial charge is 0.339 e. The van der Waals surface area contributed by atoms with Gasteiger partial charge in [-0.2, -0.15) is 0 Å². The predicted octanol–water partition coefficient (Wildman–Crippen LogP) is 5.75. The first-order chi connectivity index (χ1) is 17.7. The zero-order valence-corrected chi connectivity index (χ0v) is 23.4. The van der Waals surface area contributed by atoms with Crippen LogP contribution in [0.4, 0.5) is 10.5 Å².